The van der Waals surface area contributed by atoms with Gasteiger partial charge >= 0.3 is 0 Å². The van der Waals surface area contributed by atoms with Gasteiger partial charge in [0.15, 0.2) is 0 Å². The molecule has 0 aromatic carbocycles. The van der Waals surface area contributed by atoms with Crippen LogP contribution in [0.5, 0.6) is 5.88 Å². The van der Waals surface area contributed by atoms with E-state index in [0.717, 1.165) is 19.7 Å². The lowest BCUT2D eigenvalue weighted by atomic mass is 10.3. The molecular formula is C11H13N3O2. The number of morpholine rings is 1. The van der Waals surface area contributed by atoms with Crippen molar-refractivity contribution >= 4 is 0 Å². The molecule has 1 saturated heterocycles. The highest BCUT2D eigenvalue weighted by Crippen LogP contribution is 2.08. The molecule has 2 heterocycles. The molecule has 1 N–H and O–H groups in total. The summed E-state index contributed by atoms with van der Waals surface area (Å²) in [5, 5.41) is 11.8. The molecule has 5 nitrogen and oxygen atoms in total. The molecule has 84 valence electrons. The van der Waals surface area contributed by atoms with E-state index in [-0.39, 0.29) is 6.10 Å². The number of hydrogen-bond acceptors (Lipinski definition) is 5. The van der Waals surface area contributed by atoms with Crippen LogP contribution in [-0.4, -0.2) is 37.4 Å². The summed E-state index contributed by atoms with van der Waals surface area (Å²) in [5.41, 5.74) is 0.530. The van der Waals surface area contributed by atoms with Gasteiger partial charge in [-0.1, -0.05) is 0 Å². The quantitative estimate of drug-likeness (QED) is 0.793. The van der Waals surface area contributed by atoms with Crippen LogP contribution in [0, 0.1) is 11.3 Å². The Morgan fingerprint density at radius 1 is 1.62 bits per heavy atom. The SMILES string of the molecule is N#Cc1ccc(OCC2CNCCO2)nc1. The Bertz CT molecular complexity index is 366. The fourth-order valence-corrected chi connectivity index (χ4v) is 1.44. The maximum absolute atomic E-state index is 8.60. The van der Waals surface area contributed by atoms with E-state index in [0.29, 0.717) is 18.1 Å². The zero-order valence-corrected chi connectivity index (χ0v) is 8.85. The van der Waals surface area contributed by atoms with Gasteiger partial charge in [0.25, 0.3) is 0 Å². The van der Waals surface area contributed by atoms with Gasteiger partial charge in [0.05, 0.1) is 12.2 Å². The van der Waals surface area contributed by atoms with Crippen LogP contribution < -0.4 is 10.1 Å². The largest absolute Gasteiger partial charge is 0.475 e. The van der Waals surface area contributed by atoms with Crippen molar-refractivity contribution in [3.8, 4) is 11.9 Å². The standard InChI is InChI=1S/C11H13N3O2/c12-5-9-1-2-11(14-6-9)16-8-10-7-13-3-4-15-10/h1-2,6,10,13H,3-4,7-8H2. The van der Waals surface area contributed by atoms with E-state index < -0.39 is 0 Å². The highest BCUT2D eigenvalue weighted by molar-refractivity contribution is 5.28. The zero-order valence-electron chi connectivity index (χ0n) is 8.85. The second-order valence-corrected chi connectivity index (χ2v) is 3.50. The molecule has 0 bridgehead atoms. The number of nitrogens with one attached hydrogen (secondary N) is 1. The number of nitrogens with zero attached hydrogens (tertiary/aromatic N) is 2. The van der Waals surface area contributed by atoms with Crippen molar-refractivity contribution in [3.63, 3.8) is 0 Å². The van der Waals surface area contributed by atoms with Crippen molar-refractivity contribution in [1.82, 2.24) is 10.3 Å². The fourth-order valence-electron chi connectivity index (χ4n) is 1.44. The van der Waals surface area contributed by atoms with Crippen molar-refractivity contribution in [2.24, 2.45) is 0 Å². The number of aromatic nitrogens is 1. The average molecular weight is 219 g/mol. The van der Waals surface area contributed by atoms with E-state index in [1.807, 2.05) is 6.07 Å². The third-order valence-electron chi connectivity index (χ3n) is 2.29. The number of rotatable bonds is 3. The molecule has 16 heavy (non-hydrogen) atoms. The monoisotopic (exact) mass is 219 g/mol. The topological polar surface area (TPSA) is 67.2 Å². The molecule has 2 rings (SSSR count). The molecule has 1 aliphatic heterocycles. The Kier molecular flexibility index (Phi) is 3.70. The van der Waals surface area contributed by atoms with Crippen molar-refractivity contribution in [2.75, 3.05) is 26.3 Å². The Morgan fingerprint density at radius 2 is 2.56 bits per heavy atom. The lowest BCUT2D eigenvalue weighted by molar-refractivity contribution is -0.000741. The summed E-state index contributed by atoms with van der Waals surface area (Å²) >= 11 is 0. The van der Waals surface area contributed by atoms with Gasteiger partial charge in [0, 0.05) is 25.4 Å². The molecule has 1 aromatic rings. The number of ether oxygens (including phenoxy) is 2. The van der Waals surface area contributed by atoms with Crippen LogP contribution >= 0.6 is 0 Å². The van der Waals surface area contributed by atoms with Gasteiger partial charge in [-0.25, -0.2) is 4.98 Å². The maximum atomic E-state index is 8.60. The lowest BCUT2D eigenvalue weighted by Crippen LogP contribution is -2.41. The molecule has 1 atom stereocenters. The van der Waals surface area contributed by atoms with Crippen LogP contribution in [0.2, 0.25) is 0 Å². The third kappa shape index (κ3) is 2.92. The molecule has 0 amide bonds. The fraction of sp³-hybridized carbons (Fsp3) is 0.455. The Hall–Kier alpha value is -1.64. The van der Waals surface area contributed by atoms with E-state index in [1.54, 1.807) is 12.1 Å². The number of nitriles is 1. The first kappa shape index (κ1) is 10.9. The normalized spacial score (nSPS) is 20.1. The zero-order chi connectivity index (χ0) is 11.2. The van der Waals surface area contributed by atoms with Gasteiger partial charge in [0.1, 0.15) is 18.8 Å². The predicted octanol–water partition coefficient (Wildman–Crippen LogP) is 0.320. The van der Waals surface area contributed by atoms with Crippen LogP contribution in [0.25, 0.3) is 0 Å². The van der Waals surface area contributed by atoms with E-state index in [2.05, 4.69) is 10.3 Å². The molecule has 0 saturated carbocycles. The van der Waals surface area contributed by atoms with Crippen LogP contribution in [-0.2, 0) is 4.74 Å². The average Bonchev–Trinajstić information content (AvgIpc) is 2.38. The maximum Gasteiger partial charge on any atom is 0.213 e. The van der Waals surface area contributed by atoms with Crippen molar-refractivity contribution in [3.05, 3.63) is 23.9 Å². The number of hydrogen-bond donors (Lipinski definition) is 1. The molecule has 1 unspecified atom stereocenters. The van der Waals surface area contributed by atoms with Gasteiger partial charge < -0.3 is 14.8 Å². The van der Waals surface area contributed by atoms with Crippen LogP contribution in [0.3, 0.4) is 0 Å². The van der Waals surface area contributed by atoms with E-state index in [9.17, 15) is 0 Å². The molecule has 5 heteroatoms. The summed E-state index contributed by atoms with van der Waals surface area (Å²) in [6.45, 7) is 2.89. The first-order valence-electron chi connectivity index (χ1n) is 5.20. The van der Waals surface area contributed by atoms with Crippen molar-refractivity contribution in [1.29, 1.82) is 5.26 Å². The smallest absolute Gasteiger partial charge is 0.213 e. The summed E-state index contributed by atoms with van der Waals surface area (Å²) in [7, 11) is 0. The molecule has 1 fully saturated rings. The first-order chi connectivity index (χ1) is 7.88. The molecule has 0 spiro atoms. The molecule has 1 aliphatic rings. The van der Waals surface area contributed by atoms with Gasteiger partial charge in [-0.05, 0) is 6.07 Å². The minimum atomic E-state index is 0.0752. The summed E-state index contributed by atoms with van der Waals surface area (Å²) in [6, 6.07) is 5.38. The molecule has 0 radical (unpaired) electrons. The second-order valence-electron chi connectivity index (χ2n) is 3.50. The van der Waals surface area contributed by atoms with E-state index >= 15 is 0 Å². The van der Waals surface area contributed by atoms with Crippen molar-refractivity contribution in [2.45, 2.75) is 6.10 Å². The summed E-state index contributed by atoms with van der Waals surface area (Å²) in [6.07, 6.45) is 1.57. The van der Waals surface area contributed by atoms with Gasteiger partial charge in [0.2, 0.25) is 5.88 Å². The summed E-state index contributed by atoms with van der Waals surface area (Å²) < 4.78 is 10.9. The molecular weight excluding hydrogens is 206 g/mol. The Balaban J connectivity index is 1.82. The van der Waals surface area contributed by atoms with Gasteiger partial charge in [-0.3, -0.25) is 0 Å². The van der Waals surface area contributed by atoms with Crippen LogP contribution in [0.4, 0.5) is 0 Å². The minimum absolute atomic E-state index is 0.0752. The van der Waals surface area contributed by atoms with E-state index in [1.165, 1.54) is 6.20 Å². The second kappa shape index (κ2) is 5.45. The van der Waals surface area contributed by atoms with Crippen molar-refractivity contribution < 1.29 is 9.47 Å². The minimum Gasteiger partial charge on any atom is -0.475 e. The predicted molar refractivity (Wildman–Crippen MR) is 57.1 cm³/mol. The highest BCUT2D eigenvalue weighted by Gasteiger charge is 2.13. The van der Waals surface area contributed by atoms with Crippen LogP contribution in [0.1, 0.15) is 5.56 Å². The highest BCUT2D eigenvalue weighted by atomic mass is 16.5. The number of pyridine rings is 1. The Labute approximate surface area is 94.0 Å². The van der Waals surface area contributed by atoms with Gasteiger partial charge in [-0.2, -0.15) is 5.26 Å². The summed E-state index contributed by atoms with van der Waals surface area (Å²) in [4.78, 5) is 4.01. The van der Waals surface area contributed by atoms with Crippen LogP contribution in [0.15, 0.2) is 18.3 Å². The third-order valence-corrected chi connectivity index (χ3v) is 2.29. The summed E-state index contributed by atoms with van der Waals surface area (Å²) in [5.74, 6) is 0.521. The Morgan fingerprint density at radius 3 is 3.19 bits per heavy atom. The van der Waals surface area contributed by atoms with Gasteiger partial charge in [-0.15, -0.1) is 0 Å². The molecule has 1 aromatic heterocycles. The van der Waals surface area contributed by atoms with E-state index in [4.69, 9.17) is 14.7 Å². The first-order valence-corrected chi connectivity index (χ1v) is 5.20. The molecule has 0 aliphatic carbocycles. The lowest BCUT2D eigenvalue weighted by Gasteiger charge is -2.23.